The third-order valence-corrected chi connectivity index (χ3v) is 3.46. The second-order valence-electron chi connectivity index (χ2n) is 3.99. The zero-order valence-electron chi connectivity index (χ0n) is 11.0. The summed E-state index contributed by atoms with van der Waals surface area (Å²) < 4.78 is 11.4. The molecule has 0 aliphatic rings. The summed E-state index contributed by atoms with van der Waals surface area (Å²) in [5.74, 6) is 1.40. The van der Waals surface area contributed by atoms with Gasteiger partial charge in [0.05, 0.1) is 20.3 Å². The van der Waals surface area contributed by atoms with E-state index < -0.39 is 0 Å². The summed E-state index contributed by atoms with van der Waals surface area (Å²) in [4.78, 5) is 0. The number of aliphatic hydroxyl groups is 1. The molecule has 0 amide bonds. The fourth-order valence-electron chi connectivity index (χ4n) is 1.55. The number of halogens is 1. The predicted octanol–water partition coefficient (Wildman–Crippen LogP) is 2.33. The van der Waals surface area contributed by atoms with Crippen LogP contribution in [0.1, 0.15) is 18.9 Å². The summed E-state index contributed by atoms with van der Waals surface area (Å²) in [6.07, 6.45) is 0.448. The molecule has 0 heterocycles. The summed E-state index contributed by atoms with van der Waals surface area (Å²) in [5.41, 5.74) is 1.07. The van der Waals surface area contributed by atoms with E-state index in [1.54, 1.807) is 14.2 Å². The minimum atomic E-state index is -0.302. The third-order valence-electron chi connectivity index (χ3n) is 2.72. The van der Waals surface area contributed by atoms with Crippen molar-refractivity contribution in [1.82, 2.24) is 5.32 Å². The molecule has 1 atom stereocenters. The molecule has 0 aromatic heterocycles. The number of nitrogens with one attached hydrogen (secondary N) is 1. The van der Waals surface area contributed by atoms with Crippen molar-refractivity contribution in [2.45, 2.75) is 26.0 Å². The fraction of sp³-hybridized carbons (Fsp3) is 0.538. The monoisotopic (exact) mass is 317 g/mol. The van der Waals surface area contributed by atoms with Crippen LogP contribution in [0.5, 0.6) is 11.5 Å². The first-order chi connectivity index (χ1) is 8.62. The van der Waals surface area contributed by atoms with Crippen LogP contribution in [0.3, 0.4) is 0 Å². The molecule has 0 saturated carbocycles. The second-order valence-corrected chi connectivity index (χ2v) is 4.85. The Kier molecular flexibility index (Phi) is 6.46. The smallest absolute Gasteiger partial charge is 0.161 e. The van der Waals surface area contributed by atoms with Gasteiger partial charge in [-0.3, -0.25) is 0 Å². The van der Waals surface area contributed by atoms with Gasteiger partial charge in [-0.05, 0) is 24.1 Å². The highest BCUT2D eigenvalue weighted by Crippen LogP contribution is 2.33. The SMILES string of the molecule is CCC(O)CNCc1cc(OC)c(OC)cc1Br. The Hall–Kier alpha value is -0.780. The molecule has 0 fully saturated rings. The first kappa shape index (κ1) is 15.3. The summed E-state index contributed by atoms with van der Waals surface area (Å²) in [7, 11) is 3.23. The van der Waals surface area contributed by atoms with Gasteiger partial charge in [0, 0.05) is 17.6 Å². The number of rotatable bonds is 7. The van der Waals surface area contributed by atoms with Gasteiger partial charge >= 0.3 is 0 Å². The molecule has 0 saturated heterocycles. The van der Waals surface area contributed by atoms with Gasteiger partial charge in [-0.2, -0.15) is 0 Å². The van der Waals surface area contributed by atoms with Crippen molar-refractivity contribution in [2.75, 3.05) is 20.8 Å². The number of hydrogen-bond donors (Lipinski definition) is 2. The Balaban J connectivity index is 2.71. The molecule has 0 aliphatic heterocycles. The first-order valence-electron chi connectivity index (χ1n) is 5.91. The van der Waals surface area contributed by atoms with Crippen molar-refractivity contribution in [2.24, 2.45) is 0 Å². The molecule has 0 aliphatic carbocycles. The first-order valence-corrected chi connectivity index (χ1v) is 6.70. The summed E-state index contributed by atoms with van der Waals surface area (Å²) >= 11 is 3.50. The van der Waals surface area contributed by atoms with Crippen LogP contribution >= 0.6 is 15.9 Å². The molecule has 1 aromatic rings. The molecule has 4 nitrogen and oxygen atoms in total. The zero-order valence-corrected chi connectivity index (χ0v) is 12.6. The number of ether oxygens (including phenoxy) is 2. The predicted molar refractivity (Wildman–Crippen MR) is 75.3 cm³/mol. The molecule has 1 rings (SSSR count). The van der Waals surface area contributed by atoms with E-state index in [0.717, 1.165) is 16.5 Å². The highest BCUT2D eigenvalue weighted by Gasteiger charge is 2.09. The lowest BCUT2D eigenvalue weighted by molar-refractivity contribution is 0.167. The molecular formula is C13H20BrNO3. The van der Waals surface area contributed by atoms with E-state index in [9.17, 15) is 5.11 Å². The van der Waals surface area contributed by atoms with Crippen LogP contribution in [-0.2, 0) is 6.54 Å². The van der Waals surface area contributed by atoms with E-state index in [0.29, 0.717) is 24.6 Å². The van der Waals surface area contributed by atoms with Crippen LogP contribution in [0.15, 0.2) is 16.6 Å². The topological polar surface area (TPSA) is 50.7 Å². The van der Waals surface area contributed by atoms with Gasteiger partial charge in [-0.1, -0.05) is 22.9 Å². The van der Waals surface area contributed by atoms with Crippen LogP contribution in [0, 0.1) is 0 Å². The molecule has 1 unspecified atom stereocenters. The molecule has 0 radical (unpaired) electrons. The third kappa shape index (κ3) is 4.15. The molecular weight excluding hydrogens is 298 g/mol. The van der Waals surface area contributed by atoms with Crippen LogP contribution < -0.4 is 14.8 Å². The number of aliphatic hydroxyl groups excluding tert-OH is 1. The van der Waals surface area contributed by atoms with Crippen molar-refractivity contribution < 1.29 is 14.6 Å². The van der Waals surface area contributed by atoms with Gasteiger partial charge < -0.3 is 19.9 Å². The minimum absolute atomic E-state index is 0.302. The molecule has 0 bridgehead atoms. The summed E-state index contributed by atoms with van der Waals surface area (Å²) in [5, 5.41) is 12.7. The maximum atomic E-state index is 9.47. The fourth-order valence-corrected chi connectivity index (χ4v) is 2.01. The van der Waals surface area contributed by atoms with Crippen molar-refractivity contribution in [3.05, 3.63) is 22.2 Å². The number of benzene rings is 1. The molecule has 102 valence electrons. The average molecular weight is 318 g/mol. The van der Waals surface area contributed by atoms with Gasteiger partial charge in [0.15, 0.2) is 11.5 Å². The van der Waals surface area contributed by atoms with Crippen molar-refractivity contribution >= 4 is 15.9 Å². The Morgan fingerprint density at radius 2 is 1.89 bits per heavy atom. The normalized spacial score (nSPS) is 12.3. The average Bonchev–Trinajstić information content (AvgIpc) is 2.39. The highest BCUT2D eigenvalue weighted by molar-refractivity contribution is 9.10. The lowest BCUT2D eigenvalue weighted by Crippen LogP contribution is -2.25. The zero-order chi connectivity index (χ0) is 13.5. The number of methoxy groups -OCH3 is 2. The highest BCUT2D eigenvalue weighted by atomic mass is 79.9. The molecule has 18 heavy (non-hydrogen) atoms. The van der Waals surface area contributed by atoms with E-state index in [1.165, 1.54) is 0 Å². The number of hydrogen-bond acceptors (Lipinski definition) is 4. The van der Waals surface area contributed by atoms with Crippen LogP contribution in [0.4, 0.5) is 0 Å². The van der Waals surface area contributed by atoms with Gasteiger partial charge in [0.2, 0.25) is 0 Å². The quantitative estimate of drug-likeness (QED) is 0.810. The largest absolute Gasteiger partial charge is 0.493 e. The van der Waals surface area contributed by atoms with Crippen LogP contribution in [0.25, 0.3) is 0 Å². The van der Waals surface area contributed by atoms with Gasteiger partial charge in [-0.15, -0.1) is 0 Å². The standard InChI is InChI=1S/C13H20BrNO3/c1-4-10(16)8-15-7-9-5-12(17-2)13(18-3)6-11(9)14/h5-6,10,15-16H,4,7-8H2,1-3H3. The minimum Gasteiger partial charge on any atom is -0.493 e. The van der Waals surface area contributed by atoms with Gasteiger partial charge in [0.25, 0.3) is 0 Å². The van der Waals surface area contributed by atoms with E-state index in [2.05, 4.69) is 21.2 Å². The van der Waals surface area contributed by atoms with E-state index in [1.807, 2.05) is 19.1 Å². The van der Waals surface area contributed by atoms with E-state index in [4.69, 9.17) is 9.47 Å². The lowest BCUT2D eigenvalue weighted by Gasteiger charge is -2.13. The molecule has 5 heteroatoms. The molecule has 2 N–H and O–H groups in total. The second kappa shape index (κ2) is 7.61. The molecule has 0 spiro atoms. The maximum Gasteiger partial charge on any atom is 0.161 e. The van der Waals surface area contributed by atoms with Gasteiger partial charge in [-0.25, -0.2) is 0 Å². The van der Waals surface area contributed by atoms with Crippen molar-refractivity contribution in [3.8, 4) is 11.5 Å². The maximum absolute atomic E-state index is 9.47. The molecule has 1 aromatic carbocycles. The summed E-state index contributed by atoms with van der Waals surface area (Å²) in [6, 6.07) is 3.81. The van der Waals surface area contributed by atoms with Crippen molar-refractivity contribution in [1.29, 1.82) is 0 Å². The Labute approximate surface area is 116 Å². The Bertz CT molecular complexity index is 385. The van der Waals surface area contributed by atoms with Crippen LogP contribution in [-0.4, -0.2) is 32.0 Å². The van der Waals surface area contributed by atoms with Crippen molar-refractivity contribution in [3.63, 3.8) is 0 Å². The van der Waals surface area contributed by atoms with Crippen LogP contribution in [0.2, 0.25) is 0 Å². The van der Waals surface area contributed by atoms with E-state index in [-0.39, 0.29) is 6.10 Å². The Morgan fingerprint density at radius 3 is 2.44 bits per heavy atom. The van der Waals surface area contributed by atoms with Gasteiger partial charge in [0.1, 0.15) is 0 Å². The summed E-state index contributed by atoms with van der Waals surface area (Å²) in [6.45, 7) is 3.20. The van der Waals surface area contributed by atoms with E-state index >= 15 is 0 Å². The Morgan fingerprint density at radius 1 is 1.28 bits per heavy atom. The lowest BCUT2D eigenvalue weighted by atomic mass is 10.2.